The summed E-state index contributed by atoms with van der Waals surface area (Å²) in [6.07, 6.45) is 0.0844. The van der Waals surface area contributed by atoms with E-state index >= 15 is 0 Å². The summed E-state index contributed by atoms with van der Waals surface area (Å²) in [5.41, 5.74) is 9.13. The Morgan fingerprint density at radius 1 is 1.00 bits per heavy atom. The number of carbonyl (C=O) groups is 2. The molecule has 36 heavy (non-hydrogen) atoms. The van der Waals surface area contributed by atoms with E-state index in [9.17, 15) is 14.7 Å². The third-order valence-electron chi connectivity index (χ3n) is 7.53. The van der Waals surface area contributed by atoms with Gasteiger partial charge in [-0.25, -0.2) is 9.59 Å². The number of hydrogen-bond donors (Lipinski definition) is 2. The van der Waals surface area contributed by atoms with Gasteiger partial charge in [0, 0.05) is 29.6 Å². The van der Waals surface area contributed by atoms with Gasteiger partial charge in [0.15, 0.2) is 0 Å². The van der Waals surface area contributed by atoms with Crippen molar-refractivity contribution in [3.8, 4) is 11.1 Å². The third kappa shape index (κ3) is 4.24. The number of carbonyl (C=O) groups excluding carboxylic acids is 1. The van der Waals surface area contributed by atoms with Gasteiger partial charge in [0.1, 0.15) is 12.6 Å². The summed E-state index contributed by atoms with van der Waals surface area (Å²) in [5, 5.41) is 13.5. The second kappa shape index (κ2) is 9.53. The van der Waals surface area contributed by atoms with Crippen LogP contribution in [-0.2, 0) is 23.0 Å². The quantitative estimate of drug-likeness (QED) is 0.353. The second-order valence-corrected chi connectivity index (χ2v) is 9.52. The van der Waals surface area contributed by atoms with Crippen LogP contribution in [0.1, 0.15) is 40.3 Å². The first-order valence-electron chi connectivity index (χ1n) is 12.2. The van der Waals surface area contributed by atoms with Crippen LogP contribution in [0.5, 0.6) is 0 Å². The highest BCUT2D eigenvalue weighted by molar-refractivity contribution is 5.86. The van der Waals surface area contributed by atoms with Crippen LogP contribution in [0.4, 0.5) is 4.79 Å². The molecule has 6 heteroatoms. The smallest absolute Gasteiger partial charge is 0.407 e. The van der Waals surface area contributed by atoms with Crippen molar-refractivity contribution in [2.75, 3.05) is 6.61 Å². The van der Waals surface area contributed by atoms with E-state index in [4.69, 9.17) is 4.74 Å². The van der Waals surface area contributed by atoms with Gasteiger partial charge in [0.05, 0.1) is 0 Å². The SMILES string of the molecule is Cc1c(C)n(C)c2cc(CCC(NC(=O)OCC3c4ccccc4-c4ccccc43)C(=O)O)ccc12. The summed E-state index contributed by atoms with van der Waals surface area (Å²) in [5.74, 6) is -1.15. The van der Waals surface area contributed by atoms with Crippen LogP contribution >= 0.6 is 0 Å². The molecule has 3 aromatic carbocycles. The number of fused-ring (bicyclic) bond motifs is 4. The predicted octanol–water partition coefficient (Wildman–Crippen LogP) is 5.72. The second-order valence-electron chi connectivity index (χ2n) is 9.52. The van der Waals surface area contributed by atoms with Crippen LogP contribution < -0.4 is 5.32 Å². The molecule has 0 spiro atoms. The molecule has 0 radical (unpaired) electrons. The lowest BCUT2D eigenvalue weighted by atomic mass is 9.98. The summed E-state index contributed by atoms with van der Waals surface area (Å²) in [6.45, 7) is 4.35. The van der Waals surface area contributed by atoms with Gasteiger partial charge in [0.25, 0.3) is 0 Å². The van der Waals surface area contributed by atoms with Crippen LogP contribution in [0, 0.1) is 13.8 Å². The molecular weight excluding hydrogens is 452 g/mol. The highest BCUT2D eigenvalue weighted by atomic mass is 16.5. The monoisotopic (exact) mass is 482 g/mol. The zero-order valence-corrected chi connectivity index (χ0v) is 20.7. The maximum atomic E-state index is 12.6. The molecule has 184 valence electrons. The van der Waals surface area contributed by atoms with E-state index < -0.39 is 18.1 Å². The van der Waals surface area contributed by atoms with Crippen molar-refractivity contribution in [2.24, 2.45) is 7.05 Å². The predicted molar refractivity (Wildman–Crippen MR) is 140 cm³/mol. The summed E-state index contributed by atoms with van der Waals surface area (Å²) in [7, 11) is 2.03. The molecule has 1 aromatic heterocycles. The van der Waals surface area contributed by atoms with Gasteiger partial charge >= 0.3 is 12.1 Å². The number of nitrogens with zero attached hydrogens (tertiary/aromatic N) is 1. The van der Waals surface area contributed by atoms with Gasteiger partial charge in [-0.05, 0) is 66.1 Å². The highest BCUT2D eigenvalue weighted by Gasteiger charge is 2.29. The number of carboxylic acid groups (broad SMARTS) is 1. The molecule has 6 nitrogen and oxygen atoms in total. The average molecular weight is 483 g/mol. The average Bonchev–Trinajstić information content (AvgIpc) is 3.32. The molecule has 1 heterocycles. The number of carboxylic acids is 1. The van der Waals surface area contributed by atoms with Gasteiger partial charge in [-0.3, -0.25) is 0 Å². The molecule has 0 aliphatic heterocycles. The number of nitrogens with one attached hydrogen (secondary N) is 1. The lowest BCUT2D eigenvalue weighted by molar-refractivity contribution is -0.139. The molecule has 0 saturated carbocycles. The summed E-state index contributed by atoms with van der Waals surface area (Å²) in [6, 6.07) is 21.4. The fraction of sp³-hybridized carbons (Fsp3) is 0.267. The van der Waals surface area contributed by atoms with E-state index in [-0.39, 0.29) is 18.9 Å². The van der Waals surface area contributed by atoms with Crippen molar-refractivity contribution in [1.29, 1.82) is 0 Å². The minimum Gasteiger partial charge on any atom is -0.480 e. The molecule has 0 saturated heterocycles. The number of hydrogen-bond acceptors (Lipinski definition) is 3. The van der Waals surface area contributed by atoms with Crippen molar-refractivity contribution >= 4 is 23.0 Å². The van der Waals surface area contributed by atoms with Gasteiger partial charge in [0.2, 0.25) is 0 Å². The van der Waals surface area contributed by atoms with E-state index in [0.29, 0.717) is 6.42 Å². The molecule has 1 aliphatic carbocycles. The number of rotatable bonds is 7. The summed E-state index contributed by atoms with van der Waals surface area (Å²) in [4.78, 5) is 24.5. The number of ether oxygens (including phenoxy) is 1. The van der Waals surface area contributed by atoms with Gasteiger partial charge in [-0.1, -0.05) is 60.7 Å². The fourth-order valence-corrected chi connectivity index (χ4v) is 5.31. The van der Waals surface area contributed by atoms with Gasteiger partial charge in [-0.15, -0.1) is 0 Å². The van der Waals surface area contributed by atoms with E-state index in [1.54, 1.807) is 0 Å². The molecule has 5 rings (SSSR count). The minimum atomic E-state index is -1.07. The maximum absolute atomic E-state index is 12.6. The Bertz CT molecular complexity index is 1420. The normalized spacial score (nSPS) is 13.3. The lowest BCUT2D eigenvalue weighted by Crippen LogP contribution is -2.41. The molecule has 1 aliphatic rings. The molecule has 4 aromatic rings. The largest absolute Gasteiger partial charge is 0.480 e. The Kier molecular flexibility index (Phi) is 6.27. The number of aromatic nitrogens is 1. The lowest BCUT2D eigenvalue weighted by Gasteiger charge is -2.17. The van der Waals surface area contributed by atoms with E-state index in [2.05, 4.69) is 48.0 Å². The standard InChI is InChI=1S/C30H30N2O4/c1-18-19(2)32(3)28-16-20(12-14-21(18)28)13-15-27(29(33)34)31-30(35)36-17-26-24-10-6-4-8-22(24)23-9-5-7-11-25(23)26/h4-12,14,16,26-27H,13,15,17H2,1-3H3,(H,31,35)(H,33,34). The molecule has 1 atom stereocenters. The van der Waals surface area contributed by atoms with Crippen molar-refractivity contribution in [3.05, 3.63) is 94.7 Å². The van der Waals surface area contributed by atoms with Crippen LogP contribution in [-0.4, -0.2) is 34.4 Å². The Morgan fingerprint density at radius 2 is 1.64 bits per heavy atom. The molecule has 0 fully saturated rings. The molecular formula is C30H30N2O4. The maximum Gasteiger partial charge on any atom is 0.407 e. The Labute approximate surface area is 210 Å². The van der Waals surface area contributed by atoms with Crippen LogP contribution in [0.2, 0.25) is 0 Å². The molecule has 1 unspecified atom stereocenters. The number of aryl methyl sites for hydroxylation is 3. The Hall–Kier alpha value is -4.06. The highest BCUT2D eigenvalue weighted by Crippen LogP contribution is 2.44. The first-order chi connectivity index (χ1) is 17.3. The molecule has 1 amide bonds. The minimum absolute atomic E-state index is 0.0737. The summed E-state index contributed by atoms with van der Waals surface area (Å²) >= 11 is 0. The van der Waals surface area contributed by atoms with Crippen molar-refractivity contribution in [3.63, 3.8) is 0 Å². The van der Waals surface area contributed by atoms with E-state index in [1.165, 1.54) is 16.6 Å². The van der Waals surface area contributed by atoms with Gasteiger partial charge in [-0.2, -0.15) is 0 Å². The van der Waals surface area contributed by atoms with Crippen molar-refractivity contribution in [1.82, 2.24) is 9.88 Å². The number of aliphatic carboxylic acids is 1. The zero-order chi connectivity index (χ0) is 25.4. The molecule has 0 bridgehead atoms. The van der Waals surface area contributed by atoms with Crippen molar-refractivity contribution < 1.29 is 19.4 Å². The Balaban J connectivity index is 1.23. The van der Waals surface area contributed by atoms with Crippen LogP contribution in [0.25, 0.3) is 22.0 Å². The number of amides is 1. The number of alkyl carbamates (subject to hydrolysis) is 1. The van der Waals surface area contributed by atoms with Crippen LogP contribution in [0.15, 0.2) is 66.7 Å². The van der Waals surface area contributed by atoms with Crippen LogP contribution in [0.3, 0.4) is 0 Å². The number of benzene rings is 3. The van der Waals surface area contributed by atoms with Gasteiger partial charge < -0.3 is 19.7 Å². The van der Waals surface area contributed by atoms with E-state index in [1.807, 2.05) is 49.5 Å². The zero-order valence-electron chi connectivity index (χ0n) is 20.7. The molecule has 2 N–H and O–H groups in total. The third-order valence-corrected chi connectivity index (χ3v) is 7.53. The van der Waals surface area contributed by atoms with E-state index in [0.717, 1.165) is 33.3 Å². The van der Waals surface area contributed by atoms with Crippen molar-refractivity contribution in [2.45, 2.75) is 38.6 Å². The summed E-state index contributed by atoms with van der Waals surface area (Å²) < 4.78 is 7.70. The fourth-order valence-electron chi connectivity index (χ4n) is 5.31. The first-order valence-corrected chi connectivity index (χ1v) is 12.2. The Morgan fingerprint density at radius 3 is 2.28 bits per heavy atom. The topological polar surface area (TPSA) is 80.6 Å². The first kappa shape index (κ1) is 23.7.